The maximum absolute atomic E-state index is 12.4. The highest BCUT2D eigenvalue weighted by Crippen LogP contribution is 2.40. The maximum atomic E-state index is 12.4. The second kappa shape index (κ2) is 6.24. The highest BCUT2D eigenvalue weighted by Gasteiger charge is 2.48. The molecule has 0 saturated heterocycles. The van der Waals surface area contributed by atoms with Crippen LogP contribution in [0.2, 0.25) is 0 Å². The van der Waals surface area contributed by atoms with Crippen LogP contribution in [-0.2, 0) is 10.1 Å². The lowest BCUT2D eigenvalue weighted by atomic mass is 9.99. The highest BCUT2D eigenvalue weighted by molar-refractivity contribution is 7.88. The third-order valence-corrected chi connectivity index (χ3v) is 6.17. The van der Waals surface area contributed by atoms with E-state index in [9.17, 15) is 21.6 Å². The van der Waals surface area contributed by atoms with Gasteiger partial charge < -0.3 is 4.18 Å². The first-order valence-corrected chi connectivity index (χ1v) is 10.0. The van der Waals surface area contributed by atoms with E-state index in [0.717, 1.165) is 31.3 Å². The van der Waals surface area contributed by atoms with Crippen molar-refractivity contribution in [3.8, 4) is 16.9 Å². The Morgan fingerprint density at radius 1 is 0.815 bits per heavy atom. The van der Waals surface area contributed by atoms with Crippen molar-refractivity contribution in [1.82, 2.24) is 0 Å². The molecule has 0 unspecified atom stereocenters. The summed E-state index contributed by atoms with van der Waals surface area (Å²) in [6.45, 7) is 0. The minimum absolute atomic E-state index is 0.390. The fraction of sp³-hybridized carbons (Fsp3) is 0.0526. The van der Waals surface area contributed by atoms with Gasteiger partial charge in [0.25, 0.3) is 0 Å². The smallest absolute Gasteiger partial charge is 0.376 e. The van der Waals surface area contributed by atoms with Crippen molar-refractivity contribution in [2.24, 2.45) is 0 Å². The summed E-state index contributed by atoms with van der Waals surface area (Å²) in [6, 6.07) is 19.3. The first-order chi connectivity index (χ1) is 12.8. The fourth-order valence-corrected chi connectivity index (χ4v) is 4.47. The van der Waals surface area contributed by atoms with Gasteiger partial charge >= 0.3 is 15.6 Å². The van der Waals surface area contributed by atoms with E-state index in [-0.39, 0.29) is 0 Å². The van der Waals surface area contributed by atoms with Crippen LogP contribution in [0.3, 0.4) is 0 Å². The second-order valence-electron chi connectivity index (χ2n) is 5.78. The van der Waals surface area contributed by atoms with E-state index in [4.69, 9.17) is 0 Å². The predicted molar refractivity (Wildman–Crippen MR) is 100 cm³/mol. The van der Waals surface area contributed by atoms with Gasteiger partial charge in [-0.15, -0.1) is 11.3 Å². The van der Waals surface area contributed by atoms with Gasteiger partial charge in [-0.1, -0.05) is 42.5 Å². The van der Waals surface area contributed by atoms with Crippen molar-refractivity contribution in [3.63, 3.8) is 0 Å². The third-order valence-electron chi connectivity index (χ3n) is 4.06. The summed E-state index contributed by atoms with van der Waals surface area (Å²) in [5.74, 6) is -0.390. The molecule has 4 aromatic rings. The molecule has 3 aromatic carbocycles. The Hall–Kier alpha value is -2.58. The molecule has 3 nitrogen and oxygen atoms in total. The molecule has 0 bridgehead atoms. The van der Waals surface area contributed by atoms with E-state index < -0.39 is 21.4 Å². The van der Waals surface area contributed by atoms with E-state index in [0.29, 0.717) is 0 Å². The van der Waals surface area contributed by atoms with E-state index in [2.05, 4.69) is 4.18 Å². The molecule has 0 saturated carbocycles. The Bertz CT molecular complexity index is 1240. The molecule has 1 aromatic heterocycles. The van der Waals surface area contributed by atoms with Crippen LogP contribution in [0.4, 0.5) is 13.2 Å². The van der Waals surface area contributed by atoms with Crippen molar-refractivity contribution < 1.29 is 25.8 Å². The van der Waals surface area contributed by atoms with Gasteiger partial charge in [0.15, 0.2) is 0 Å². The third kappa shape index (κ3) is 3.15. The molecule has 0 aliphatic heterocycles. The summed E-state index contributed by atoms with van der Waals surface area (Å²) in [4.78, 5) is 0. The number of alkyl halides is 3. The molecule has 138 valence electrons. The zero-order valence-corrected chi connectivity index (χ0v) is 15.2. The molecule has 8 heteroatoms. The molecule has 1 heterocycles. The molecule has 0 aliphatic carbocycles. The predicted octanol–water partition coefficient (Wildman–Crippen LogP) is 5.95. The molecule has 0 N–H and O–H groups in total. The lowest BCUT2D eigenvalue weighted by Crippen LogP contribution is -2.28. The summed E-state index contributed by atoms with van der Waals surface area (Å²) in [5.41, 5.74) is -3.80. The van der Waals surface area contributed by atoms with Gasteiger partial charge in [-0.2, -0.15) is 21.6 Å². The van der Waals surface area contributed by atoms with Gasteiger partial charge in [-0.3, -0.25) is 0 Å². The van der Waals surface area contributed by atoms with Crippen LogP contribution in [-0.4, -0.2) is 13.9 Å². The number of benzene rings is 3. The van der Waals surface area contributed by atoms with Crippen molar-refractivity contribution in [3.05, 3.63) is 66.7 Å². The zero-order chi connectivity index (χ0) is 19.2. The Morgan fingerprint density at radius 2 is 1.48 bits per heavy atom. The second-order valence-corrected chi connectivity index (χ2v) is 8.41. The molecular weight excluding hydrogens is 397 g/mol. The topological polar surface area (TPSA) is 43.4 Å². The Morgan fingerprint density at radius 3 is 2.19 bits per heavy atom. The van der Waals surface area contributed by atoms with Crippen LogP contribution in [0.15, 0.2) is 66.7 Å². The van der Waals surface area contributed by atoms with Crippen molar-refractivity contribution >= 4 is 41.6 Å². The first kappa shape index (κ1) is 17.8. The number of halogens is 3. The minimum Gasteiger partial charge on any atom is -0.376 e. The number of hydrogen-bond donors (Lipinski definition) is 0. The average molecular weight is 408 g/mol. The van der Waals surface area contributed by atoms with Crippen LogP contribution in [0.1, 0.15) is 0 Å². The Kier molecular flexibility index (Phi) is 4.12. The maximum Gasteiger partial charge on any atom is 0.534 e. The normalized spacial score (nSPS) is 12.6. The number of fused-ring (bicyclic) bond motifs is 3. The summed E-state index contributed by atoms with van der Waals surface area (Å²) < 4.78 is 65.9. The van der Waals surface area contributed by atoms with Crippen LogP contribution in [0, 0.1) is 0 Å². The lowest BCUT2D eigenvalue weighted by molar-refractivity contribution is -0.0500. The van der Waals surface area contributed by atoms with Gasteiger partial charge in [-0.25, -0.2) is 0 Å². The van der Waals surface area contributed by atoms with E-state index in [1.54, 1.807) is 23.5 Å². The van der Waals surface area contributed by atoms with Gasteiger partial charge in [0.05, 0.1) is 0 Å². The Balaban J connectivity index is 1.77. The van der Waals surface area contributed by atoms with Crippen LogP contribution in [0.5, 0.6) is 5.75 Å². The quantitative estimate of drug-likeness (QED) is 0.311. The van der Waals surface area contributed by atoms with Gasteiger partial charge in [-0.05, 0) is 35.4 Å². The summed E-state index contributed by atoms with van der Waals surface area (Å²) in [6.07, 6.45) is 0. The lowest BCUT2D eigenvalue weighted by Gasteiger charge is -2.10. The van der Waals surface area contributed by atoms with Crippen LogP contribution < -0.4 is 4.18 Å². The first-order valence-electron chi connectivity index (χ1n) is 7.78. The molecular formula is C19H11F3O3S2. The van der Waals surface area contributed by atoms with Crippen molar-refractivity contribution in [2.75, 3.05) is 0 Å². The fourth-order valence-electron chi connectivity index (χ4n) is 2.88. The highest BCUT2D eigenvalue weighted by atomic mass is 32.2. The van der Waals surface area contributed by atoms with Gasteiger partial charge in [0.1, 0.15) is 5.75 Å². The standard InChI is InChI=1S/C19H11F3O3S2/c20-19(21,22)27(23,24)25-13-10-8-12(9-11-13)14-5-3-7-17-18(14)15-4-1-2-6-16(15)26-17/h1-11H. The van der Waals surface area contributed by atoms with Crippen LogP contribution >= 0.6 is 11.3 Å². The molecule has 27 heavy (non-hydrogen) atoms. The van der Waals surface area contributed by atoms with Crippen molar-refractivity contribution in [2.45, 2.75) is 5.51 Å². The summed E-state index contributed by atoms with van der Waals surface area (Å²) in [5, 5.41) is 2.14. The van der Waals surface area contributed by atoms with Gasteiger partial charge in [0, 0.05) is 20.2 Å². The monoisotopic (exact) mass is 408 g/mol. The molecule has 0 atom stereocenters. The summed E-state index contributed by atoms with van der Waals surface area (Å²) in [7, 11) is -5.68. The van der Waals surface area contributed by atoms with E-state index in [1.165, 1.54) is 12.1 Å². The van der Waals surface area contributed by atoms with Crippen molar-refractivity contribution in [1.29, 1.82) is 0 Å². The van der Waals surface area contributed by atoms with Gasteiger partial charge in [0.2, 0.25) is 0 Å². The molecule has 0 radical (unpaired) electrons. The molecule has 0 amide bonds. The number of hydrogen-bond acceptors (Lipinski definition) is 4. The van der Waals surface area contributed by atoms with E-state index in [1.807, 2.05) is 42.5 Å². The molecule has 0 aliphatic rings. The zero-order valence-electron chi connectivity index (χ0n) is 13.5. The average Bonchev–Trinajstić information content (AvgIpc) is 3.00. The Labute approximate surface area is 156 Å². The molecule has 0 spiro atoms. The van der Waals surface area contributed by atoms with Crippen LogP contribution in [0.25, 0.3) is 31.3 Å². The number of rotatable bonds is 3. The molecule has 4 rings (SSSR count). The number of thiophene rings is 1. The molecule has 0 fully saturated rings. The summed E-state index contributed by atoms with van der Waals surface area (Å²) >= 11 is 1.66. The minimum atomic E-state index is -5.68. The van der Waals surface area contributed by atoms with E-state index >= 15 is 0 Å². The SMILES string of the molecule is O=S(=O)(Oc1ccc(-c2cccc3sc4ccccc4c23)cc1)C(F)(F)F. The largest absolute Gasteiger partial charge is 0.534 e.